The van der Waals surface area contributed by atoms with Crippen molar-refractivity contribution in [1.82, 2.24) is 4.31 Å². The lowest BCUT2D eigenvalue weighted by atomic mass is 10.2. The number of anilines is 1. The second-order valence-corrected chi connectivity index (χ2v) is 8.73. The summed E-state index contributed by atoms with van der Waals surface area (Å²) in [5.41, 5.74) is 0.256. The number of methoxy groups -OCH3 is 1. The highest BCUT2D eigenvalue weighted by molar-refractivity contribution is 7.89. The van der Waals surface area contributed by atoms with Gasteiger partial charge in [0.25, 0.3) is 5.91 Å². The number of halogens is 1. The molecule has 0 bridgehead atoms. The number of hydrogen-bond acceptors (Lipinski definition) is 6. The van der Waals surface area contributed by atoms with Crippen LogP contribution in [0.15, 0.2) is 47.4 Å². The molecule has 0 aliphatic heterocycles. The SMILES string of the molecule is COc1ccccc1NC(=O)[C@@H](C)OC(=O)c1cc(S(=O)(=O)N(C)C)ccc1Cl. The quantitative estimate of drug-likeness (QED) is 0.664. The van der Waals surface area contributed by atoms with E-state index in [1.807, 2.05) is 0 Å². The van der Waals surface area contributed by atoms with Crippen molar-refractivity contribution in [2.45, 2.75) is 17.9 Å². The van der Waals surface area contributed by atoms with E-state index in [1.54, 1.807) is 24.3 Å². The molecule has 0 radical (unpaired) electrons. The molecule has 2 aromatic rings. The van der Waals surface area contributed by atoms with Gasteiger partial charge in [-0.3, -0.25) is 4.79 Å². The normalized spacial score (nSPS) is 12.3. The maximum Gasteiger partial charge on any atom is 0.340 e. The molecular weight excluding hydrogens is 420 g/mol. The molecule has 0 aliphatic carbocycles. The van der Waals surface area contributed by atoms with E-state index in [-0.39, 0.29) is 15.5 Å². The molecule has 0 saturated carbocycles. The molecule has 2 aromatic carbocycles. The zero-order valence-corrected chi connectivity index (χ0v) is 17.9. The van der Waals surface area contributed by atoms with E-state index in [0.29, 0.717) is 11.4 Å². The number of sulfonamides is 1. The molecule has 0 saturated heterocycles. The first kappa shape index (κ1) is 22.7. The fourth-order valence-electron chi connectivity index (χ4n) is 2.29. The average Bonchev–Trinajstić information content (AvgIpc) is 2.68. The summed E-state index contributed by atoms with van der Waals surface area (Å²) in [5, 5.41) is 2.61. The van der Waals surface area contributed by atoms with Gasteiger partial charge < -0.3 is 14.8 Å². The highest BCUT2D eigenvalue weighted by Gasteiger charge is 2.24. The van der Waals surface area contributed by atoms with Gasteiger partial charge in [-0.05, 0) is 37.3 Å². The van der Waals surface area contributed by atoms with Crippen molar-refractivity contribution in [2.24, 2.45) is 0 Å². The molecule has 29 heavy (non-hydrogen) atoms. The van der Waals surface area contributed by atoms with Crippen LogP contribution < -0.4 is 10.1 Å². The van der Waals surface area contributed by atoms with Crippen molar-refractivity contribution in [3.8, 4) is 5.75 Å². The summed E-state index contributed by atoms with van der Waals surface area (Å²) in [5.74, 6) is -1.06. The lowest BCUT2D eigenvalue weighted by Crippen LogP contribution is -2.30. The number of amides is 1. The first-order valence-electron chi connectivity index (χ1n) is 8.45. The topological polar surface area (TPSA) is 102 Å². The fraction of sp³-hybridized carbons (Fsp3) is 0.263. The van der Waals surface area contributed by atoms with Gasteiger partial charge in [0.1, 0.15) is 5.75 Å². The zero-order chi connectivity index (χ0) is 21.8. The first-order chi connectivity index (χ1) is 13.6. The first-order valence-corrected chi connectivity index (χ1v) is 10.3. The van der Waals surface area contributed by atoms with Crippen molar-refractivity contribution in [3.63, 3.8) is 0 Å². The molecule has 0 fully saturated rings. The van der Waals surface area contributed by atoms with Gasteiger partial charge in [-0.1, -0.05) is 23.7 Å². The molecule has 0 aromatic heterocycles. The Morgan fingerprint density at radius 3 is 2.41 bits per heavy atom. The average molecular weight is 441 g/mol. The number of hydrogen-bond donors (Lipinski definition) is 1. The van der Waals surface area contributed by atoms with Gasteiger partial charge in [0.2, 0.25) is 10.0 Å². The van der Waals surface area contributed by atoms with Crippen LogP contribution in [0.25, 0.3) is 0 Å². The van der Waals surface area contributed by atoms with Gasteiger partial charge in [-0.25, -0.2) is 17.5 Å². The Kier molecular flexibility index (Phi) is 7.23. The molecule has 156 valence electrons. The van der Waals surface area contributed by atoms with Gasteiger partial charge in [0, 0.05) is 14.1 Å². The number of ether oxygens (including phenoxy) is 2. The molecule has 0 heterocycles. The minimum Gasteiger partial charge on any atom is -0.495 e. The summed E-state index contributed by atoms with van der Waals surface area (Å²) in [6.07, 6.45) is -1.17. The molecule has 10 heteroatoms. The number of esters is 1. The third-order valence-electron chi connectivity index (χ3n) is 3.95. The van der Waals surface area contributed by atoms with Crippen LogP contribution >= 0.6 is 11.6 Å². The Balaban J connectivity index is 2.18. The molecule has 8 nitrogen and oxygen atoms in total. The van der Waals surface area contributed by atoms with Crippen LogP contribution in [0.1, 0.15) is 17.3 Å². The van der Waals surface area contributed by atoms with Crippen LogP contribution in [-0.4, -0.2) is 51.9 Å². The zero-order valence-electron chi connectivity index (χ0n) is 16.3. The van der Waals surface area contributed by atoms with Crippen LogP contribution in [0.3, 0.4) is 0 Å². The number of carbonyl (C=O) groups is 2. The molecular formula is C19H21ClN2O6S. The number of carbonyl (C=O) groups excluding carboxylic acids is 2. The molecule has 2 rings (SSSR count). The van der Waals surface area contributed by atoms with Crippen LogP contribution in [0.4, 0.5) is 5.69 Å². The summed E-state index contributed by atoms with van der Waals surface area (Å²) in [6.45, 7) is 1.39. The monoisotopic (exact) mass is 440 g/mol. The highest BCUT2D eigenvalue weighted by atomic mass is 35.5. The Morgan fingerprint density at radius 2 is 1.79 bits per heavy atom. The smallest absolute Gasteiger partial charge is 0.340 e. The lowest BCUT2D eigenvalue weighted by molar-refractivity contribution is -0.123. The van der Waals surface area contributed by atoms with Crippen LogP contribution in [-0.2, 0) is 19.6 Å². The molecule has 1 amide bonds. The van der Waals surface area contributed by atoms with Crippen molar-refractivity contribution >= 4 is 39.2 Å². The maximum atomic E-state index is 12.5. The van der Waals surface area contributed by atoms with E-state index in [4.69, 9.17) is 21.1 Å². The van der Waals surface area contributed by atoms with Crippen molar-refractivity contribution in [2.75, 3.05) is 26.5 Å². The minimum atomic E-state index is -3.77. The molecule has 0 aliphatic rings. The number of nitrogens with zero attached hydrogens (tertiary/aromatic N) is 1. The molecule has 0 unspecified atom stereocenters. The van der Waals surface area contributed by atoms with E-state index in [9.17, 15) is 18.0 Å². The summed E-state index contributed by atoms with van der Waals surface area (Å²) in [7, 11) is 0.429. The predicted octanol–water partition coefficient (Wildman–Crippen LogP) is 2.78. The van der Waals surface area contributed by atoms with E-state index in [1.165, 1.54) is 40.3 Å². The summed E-state index contributed by atoms with van der Waals surface area (Å²) < 4.78 is 35.9. The predicted molar refractivity (Wildman–Crippen MR) is 109 cm³/mol. The number of benzene rings is 2. The van der Waals surface area contributed by atoms with Crippen molar-refractivity contribution in [3.05, 3.63) is 53.1 Å². The Morgan fingerprint density at radius 1 is 1.14 bits per heavy atom. The molecule has 1 atom stereocenters. The van der Waals surface area contributed by atoms with Crippen LogP contribution in [0.2, 0.25) is 5.02 Å². The maximum absolute atomic E-state index is 12.5. The lowest BCUT2D eigenvalue weighted by Gasteiger charge is -2.16. The third-order valence-corrected chi connectivity index (χ3v) is 6.09. The third kappa shape index (κ3) is 5.26. The van der Waals surface area contributed by atoms with E-state index in [2.05, 4.69) is 5.32 Å². The van der Waals surface area contributed by atoms with E-state index < -0.39 is 28.0 Å². The van der Waals surface area contributed by atoms with Gasteiger partial charge in [-0.2, -0.15) is 0 Å². The van der Waals surface area contributed by atoms with Crippen LogP contribution in [0, 0.1) is 0 Å². The number of nitrogens with one attached hydrogen (secondary N) is 1. The Labute approximate surface area is 174 Å². The molecule has 1 N–H and O–H groups in total. The Bertz CT molecular complexity index is 1020. The van der Waals surface area contributed by atoms with Gasteiger partial charge in [-0.15, -0.1) is 0 Å². The standard InChI is InChI=1S/C19H21ClN2O6S/c1-12(18(23)21-16-7-5-6-8-17(16)27-4)28-19(24)14-11-13(9-10-15(14)20)29(25,26)22(2)3/h5-12H,1-4H3,(H,21,23)/t12-/m1/s1. The summed E-state index contributed by atoms with van der Waals surface area (Å²) >= 11 is 6.03. The van der Waals surface area contributed by atoms with E-state index >= 15 is 0 Å². The fourth-order valence-corrected chi connectivity index (χ4v) is 3.42. The van der Waals surface area contributed by atoms with Gasteiger partial charge in [0.05, 0.1) is 28.3 Å². The minimum absolute atomic E-state index is 0.00467. The second-order valence-electron chi connectivity index (χ2n) is 6.17. The molecule has 0 spiro atoms. The second kappa shape index (κ2) is 9.25. The Hall–Kier alpha value is -2.62. The van der Waals surface area contributed by atoms with Crippen LogP contribution in [0.5, 0.6) is 5.75 Å². The van der Waals surface area contributed by atoms with Gasteiger partial charge in [0.15, 0.2) is 6.10 Å². The summed E-state index contributed by atoms with van der Waals surface area (Å²) in [6, 6.07) is 10.5. The van der Waals surface area contributed by atoms with Gasteiger partial charge >= 0.3 is 5.97 Å². The van der Waals surface area contributed by atoms with Crippen molar-refractivity contribution < 1.29 is 27.5 Å². The number of para-hydroxylation sites is 2. The van der Waals surface area contributed by atoms with Crippen molar-refractivity contribution in [1.29, 1.82) is 0 Å². The van der Waals surface area contributed by atoms with E-state index in [0.717, 1.165) is 10.4 Å². The summed E-state index contributed by atoms with van der Waals surface area (Å²) in [4.78, 5) is 24.7. The highest BCUT2D eigenvalue weighted by Crippen LogP contribution is 2.25. The number of rotatable bonds is 7. The largest absolute Gasteiger partial charge is 0.495 e.